The van der Waals surface area contributed by atoms with Crippen molar-refractivity contribution in [1.29, 1.82) is 0 Å². The van der Waals surface area contributed by atoms with Gasteiger partial charge in [0.25, 0.3) is 5.91 Å². The number of carbonyl (C=O) groups excluding carboxylic acids is 1. The van der Waals surface area contributed by atoms with Crippen LogP contribution in [-0.2, 0) is 0 Å². The second-order valence-electron chi connectivity index (χ2n) is 5.19. The van der Waals surface area contributed by atoms with Gasteiger partial charge in [0.1, 0.15) is 5.69 Å². The zero-order chi connectivity index (χ0) is 12.5. The molecule has 0 N–H and O–H groups in total. The van der Waals surface area contributed by atoms with Gasteiger partial charge in [-0.25, -0.2) is 4.98 Å². The van der Waals surface area contributed by atoms with Crippen molar-refractivity contribution in [3.63, 3.8) is 0 Å². The molecule has 18 heavy (non-hydrogen) atoms. The Bertz CT molecular complexity index is 445. The third kappa shape index (κ3) is 2.29. The highest BCUT2D eigenvalue weighted by Gasteiger charge is 2.31. The Labute approximate surface area is 112 Å². The monoisotopic (exact) mass is 265 g/mol. The van der Waals surface area contributed by atoms with E-state index in [9.17, 15) is 4.79 Å². The number of piperazine rings is 1. The third-order valence-electron chi connectivity index (χ3n) is 3.96. The highest BCUT2D eigenvalue weighted by molar-refractivity contribution is 7.09. The van der Waals surface area contributed by atoms with Gasteiger partial charge in [-0.15, -0.1) is 11.3 Å². The number of carbonyl (C=O) groups is 1. The number of piperidine rings is 1. The van der Waals surface area contributed by atoms with E-state index in [1.165, 1.54) is 25.8 Å². The quantitative estimate of drug-likeness (QED) is 0.776. The van der Waals surface area contributed by atoms with Gasteiger partial charge < -0.3 is 4.90 Å². The summed E-state index contributed by atoms with van der Waals surface area (Å²) < 4.78 is 0. The maximum atomic E-state index is 12.3. The molecular weight excluding hydrogens is 246 g/mol. The Balaban J connectivity index is 1.68. The molecular formula is C13H19N3OS. The number of nitrogens with zero attached hydrogens (tertiary/aromatic N) is 3. The molecule has 3 rings (SSSR count). The van der Waals surface area contributed by atoms with Gasteiger partial charge in [-0.2, -0.15) is 0 Å². The van der Waals surface area contributed by atoms with Crippen molar-refractivity contribution in [3.05, 3.63) is 16.1 Å². The first kappa shape index (κ1) is 12.1. The third-order valence-corrected chi connectivity index (χ3v) is 4.74. The smallest absolute Gasteiger partial charge is 0.273 e. The molecule has 0 aliphatic carbocycles. The lowest BCUT2D eigenvalue weighted by Crippen LogP contribution is -2.56. The van der Waals surface area contributed by atoms with Crippen molar-refractivity contribution < 1.29 is 4.79 Å². The number of rotatable bonds is 1. The molecule has 2 fully saturated rings. The molecule has 3 heterocycles. The van der Waals surface area contributed by atoms with Gasteiger partial charge >= 0.3 is 0 Å². The van der Waals surface area contributed by atoms with Gasteiger partial charge in [-0.1, -0.05) is 6.42 Å². The van der Waals surface area contributed by atoms with Crippen LogP contribution < -0.4 is 0 Å². The first-order valence-corrected chi connectivity index (χ1v) is 7.57. The van der Waals surface area contributed by atoms with E-state index in [0.29, 0.717) is 11.7 Å². The lowest BCUT2D eigenvalue weighted by Gasteiger charge is -2.43. The van der Waals surface area contributed by atoms with Gasteiger partial charge in [0.2, 0.25) is 0 Å². The predicted octanol–water partition coefficient (Wildman–Crippen LogP) is 1.76. The van der Waals surface area contributed by atoms with Crippen LogP contribution in [0.15, 0.2) is 5.38 Å². The topological polar surface area (TPSA) is 36.4 Å². The van der Waals surface area contributed by atoms with Crippen molar-refractivity contribution in [2.45, 2.75) is 32.2 Å². The molecule has 0 spiro atoms. The Morgan fingerprint density at radius 3 is 3.06 bits per heavy atom. The Morgan fingerprint density at radius 2 is 2.28 bits per heavy atom. The lowest BCUT2D eigenvalue weighted by molar-refractivity contribution is 0.0369. The first-order valence-electron chi connectivity index (χ1n) is 6.69. The fourth-order valence-corrected chi connectivity index (χ4v) is 3.55. The molecule has 5 heteroatoms. The Hall–Kier alpha value is -0.940. The number of hydrogen-bond donors (Lipinski definition) is 0. The largest absolute Gasteiger partial charge is 0.334 e. The number of thiazole rings is 1. The molecule has 0 unspecified atom stereocenters. The maximum absolute atomic E-state index is 12.3. The summed E-state index contributed by atoms with van der Waals surface area (Å²) in [6.45, 7) is 5.92. The SMILES string of the molecule is Cc1nc(C(=O)N2CCN3CCCC[C@@H]3C2)cs1. The molecule has 1 aromatic heterocycles. The second kappa shape index (κ2) is 4.97. The van der Waals surface area contributed by atoms with E-state index < -0.39 is 0 Å². The van der Waals surface area contributed by atoms with Crippen molar-refractivity contribution in [1.82, 2.24) is 14.8 Å². The molecule has 4 nitrogen and oxygen atoms in total. The zero-order valence-electron chi connectivity index (χ0n) is 10.8. The number of hydrogen-bond acceptors (Lipinski definition) is 4. The summed E-state index contributed by atoms with van der Waals surface area (Å²) >= 11 is 1.55. The van der Waals surface area contributed by atoms with Crippen LogP contribution in [0, 0.1) is 6.92 Å². The molecule has 98 valence electrons. The summed E-state index contributed by atoms with van der Waals surface area (Å²) in [5.74, 6) is 0.115. The molecule has 0 aromatic carbocycles. The highest BCUT2D eigenvalue weighted by Crippen LogP contribution is 2.22. The molecule has 2 saturated heterocycles. The van der Waals surface area contributed by atoms with Gasteiger partial charge in [-0.05, 0) is 26.3 Å². The van der Waals surface area contributed by atoms with Gasteiger partial charge in [0.15, 0.2) is 0 Å². The summed E-state index contributed by atoms with van der Waals surface area (Å²) in [7, 11) is 0. The Morgan fingerprint density at radius 1 is 1.39 bits per heavy atom. The molecule has 2 aliphatic rings. The van der Waals surface area contributed by atoms with Crippen LogP contribution in [0.2, 0.25) is 0 Å². The van der Waals surface area contributed by atoms with Gasteiger partial charge in [0, 0.05) is 31.1 Å². The minimum atomic E-state index is 0.115. The molecule has 1 aromatic rings. The minimum absolute atomic E-state index is 0.115. The van der Waals surface area contributed by atoms with Crippen LogP contribution in [0.4, 0.5) is 0 Å². The van der Waals surface area contributed by atoms with E-state index in [1.807, 2.05) is 17.2 Å². The fraction of sp³-hybridized carbons (Fsp3) is 0.692. The fourth-order valence-electron chi connectivity index (χ4n) is 2.96. The van der Waals surface area contributed by atoms with Crippen LogP contribution >= 0.6 is 11.3 Å². The molecule has 1 amide bonds. The molecule has 2 aliphatic heterocycles. The van der Waals surface area contributed by atoms with Crippen LogP contribution in [0.25, 0.3) is 0 Å². The average Bonchev–Trinajstić information content (AvgIpc) is 2.84. The normalized spacial score (nSPS) is 24.9. The molecule has 0 radical (unpaired) electrons. The van der Waals surface area contributed by atoms with Crippen molar-refractivity contribution in [2.75, 3.05) is 26.2 Å². The van der Waals surface area contributed by atoms with Crippen molar-refractivity contribution in [2.24, 2.45) is 0 Å². The molecule has 0 bridgehead atoms. The summed E-state index contributed by atoms with van der Waals surface area (Å²) in [6, 6.07) is 0.580. The summed E-state index contributed by atoms with van der Waals surface area (Å²) in [5, 5.41) is 2.85. The molecule has 1 atom stereocenters. The van der Waals surface area contributed by atoms with Crippen LogP contribution in [-0.4, -0.2) is 52.9 Å². The van der Waals surface area contributed by atoms with Crippen LogP contribution in [0.1, 0.15) is 34.8 Å². The molecule has 0 saturated carbocycles. The predicted molar refractivity (Wildman–Crippen MR) is 72.0 cm³/mol. The van der Waals surface area contributed by atoms with E-state index in [-0.39, 0.29) is 5.91 Å². The van der Waals surface area contributed by atoms with Crippen LogP contribution in [0.3, 0.4) is 0 Å². The standard InChI is InChI=1S/C13H19N3OS/c1-10-14-12(9-18-10)13(17)16-7-6-15-5-3-2-4-11(15)8-16/h9,11H,2-8H2,1H3/t11-/m1/s1. The lowest BCUT2D eigenvalue weighted by atomic mass is 9.99. The number of amides is 1. The number of aryl methyl sites for hydroxylation is 1. The highest BCUT2D eigenvalue weighted by atomic mass is 32.1. The minimum Gasteiger partial charge on any atom is -0.334 e. The van der Waals surface area contributed by atoms with Crippen molar-refractivity contribution in [3.8, 4) is 0 Å². The van der Waals surface area contributed by atoms with E-state index in [2.05, 4.69) is 9.88 Å². The average molecular weight is 265 g/mol. The van der Waals surface area contributed by atoms with E-state index in [4.69, 9.17) is 0 Å². The summed E-state index contributed by atoms with van der Waals surface area (Å²) in [4.78, 5) is 21.2. The summed E-state index contributed by atoms with van der Waals surface area (Å²) in [6.07, 6.45) is 3.86. The van der Waals surface area contributed by atoms with E-state index in [1.54, 1.807) is 11.3 Å². The number of aromatic nitrogens is 1. The van der Waals surface area contributed by atoms with Gasteiger partial charge in [0.05, 0.1) is 5.01 Å². The number of fused-ring (bicyclic) bond motifs is 1. The summed E-state index contributed by atoms with van der Waals surface area (Å²) in [5.41, 5.74) is 0.627. The van der Waals surface area contributed by atoms with Crippen LogP contribution in [0.5, 0.6) is 0 Å². The van der Waals surface area contributed by atoms with E-state index >= 15 is 0 Å². The Kier molecular flexibility index (Phi) is 3.35. The van der Waals surface area contributed by atoms with Gasteiger partial charge in [-0.3, -0.25) is 9.69 Å². The zero-order valence-corrected chi connectivity index (χ0v) is 11.6. The van der Waals surface area contributed by atoms with E-state index in [0.717, 1.165) is 24.6 Å². The second-order valence-corrected chi connectivity index (χ2v) is 6.25. The maximum Gasteiger partial charge on any atom is 0.273 e. The van der Waals surface area contributed by atoms with Crippen molar-refractivity contribution >= 4 is 17.2 Å². The first-order chi connectivity index (χ1) is 8.74.